The Morgan fingerprint density at radius 3 is 0.384 bits per heavy atom. The van der Waals surface area contributed by atoms with E-state index in [2.05, 4.69) is 0 Å². The minimum Gasteiger partial charge on any atom is -0.744 e. The number of phenolic OH excluding ortho intramolecular Hbond substituents is 12. The molecule has 0 aliphatic rings. The molecule has 0 heterocycles. The van der Waals surface area contributed by atoms with E-state index in [1.54, 1.807) is 0 Å². The molecule has 73 heavy (non-hydrogen) atoms. The molecule has 0 aliphatic carbocycles. The van der Waals surface area contributed by atoms with E-state index in [1.165, 1.54) is 0 Å². The maximum absolute atomic E-state index is 10.4. The number of hydrogen-bond acceptors (Lipinski definition) is 30. The average Bonchev–Trinajstić information content (AvgIpc) is 3.22. The SMILES string of the molecule is O=S(=O)([O-])c1cccc(O)c1O.O=S(=O)([O-])c1cccc(O)c1O.O=S(=O)([O-])c1cccc(O)c1O.O=S(=O)([O-])c1cccc(O)c1O.O=S(=O)([O-])c1cccc(O)c1O.O=S(=O)([O-])c1cccc(O)c1O.[Mo+6]. The Bertz CT molecular complexity index is 2990. The fourth-order valence-corrected chi connectivity index (χ4v) is 7.79. The first-order valence-electron chi connectivity index (χ1n) is 17.4. The van der Waals surface area contributed by atoms with Gasteiger partial charge in [-0.05, 0) is 72.8 Å². The standard InChI is InChI=1S/6C6H6O5S.Mo/c6*7-4-2-1-3-5(6(4)8)12(9,10)11;/h6*1-3,7-8H,(H,9,10,11);/q;;;;;;+6/p-6. The smallest absolute Gasteiger partial charge is 0.744 e. The van der Waals surface area contributed by atoms with Crippen LogP contribution in [0.3, 0.4) is 0 Å². The van der Waals surface area contributed by atoms with Crippen molar-refractivity contribution in [2.24, 2.45) is 0 Å². The maximum atomic E-state index is 10.4. The second kappa shape index (κ2) is 26.1. The molecule has 0 amide bonds. The van der Waals surface area contributed by atoms with E-state index in [0.29, 0.717) is 0 Å². The maximum Gasteiger partial charge on any atom is 6.00 e. The van der Waals surface area contributed by atoms with Crippen LogP contribution in [0.25, 0.3) is 0 Å². The van der Waals surface area contributed by atoms with Crippen LogP contribution in [0.5, 0.6) is 69.0 Å². The largest absolute Gasteiger partial charge is 6.00 e. The molecule has 0 saturated carbocycles. The molecule has 37 heteroatoms. The molecule has 12 N–H and O–H groups in total. The van der Waals surface area contributed by atoms with Crippen LogP contribution < -0.4 is 0 Å². The number of aromatic hydroxyl groups is 12. The van der Waals surface area contributed by atoms with Crippen molar-refractivity contribution in [2.45, 2.75) is 29.4 Å². The van der Waals surface area contributed by atoms with Crippen LogP contribution >= 0.6 is 0 Å². The summed E-state index contributed by atoms with van der Waals surface area (Å²) in [7, 11) is -28.3. The van der Waals surface area contributed by atoms with Crippen LogP contribution in [0.1, 0.15) is 0 Å². The van der Waals surface area contributed by atoms with Crippen molar-refractivity contribution in [3.8, 4) is 69.0 Å². The van der Waals surface area contributed by atoms with Crippen LogP contribution in [0.15, 0.2) is 139 Å². The van der Waals surface area contributed by atoms with E-state index in [4.69, 9.17) is 61.3 Å². The van der Waals surface area contributed by atoms with Gasteiger partial charge in [-0.3, -0.25) is 0 Å². The van der Waals surface area contributed by atoms with Crippen molar-refractivity contribution in [2.75, 3.05) is 0 Å². The summed E-state index contributed by atoms with van der Waals surface area (Å²) in [4.78, 5) is -4.90. The Balaban J connectivity index is 0.000000850. The van der Waals surface area contributed by atoms with Crippen LogP contribution in [-0.4, -0.2) is 139 Å². The van der Waals surface area contributed by atoms with Crippen LogP contribution in [0.2, 0.25) is 0 Å². The van der Waals surface area contributed by atoms with E-state index in [-0.39, 0.29) is 21.1 Å². The summed E-state index contributed by atoms with van der Waals surface area (Å²) in [5.41, 5.74) is 0. The van der Waals surface area contributed by atoms with E-state index >= 15 is 0 Å². The van der Waals surface area contributed by atoms with Gasteiger partial charge in [-0.1, -0.05) is 36.4 Å². The van der Waals surface area contributed by atoms with Crippen LogP contribution in [0, 0.1) is 0 Å². The van der Waals surface area contributed by atoms with Crippen molar-refractivity contribution in [1.29, 1.82) is 0 Å². The van der Waals surface area contributed by atoms with Crippen molar-refractivity contribution in [3.05, 3.63) is 109 Å². The molecule has 6 aromatic rings. The summed E-state index contributed by atoms with van der Waals surface area (Å²) in [6.45, 7) is 0. The van der Waals surface area contributed by atoms with E-state index < -0.39 is 159 Å². The summed E-state index contributed by atoms with van der Waals surface area (Å²) >= 11 is 0. The minimum absolute atomic E-state index is 0. The fraction of sp³-hybridized carbons (Fsp3) is 0. The molecule has 0 radical (unpaired) electrons. The first kappa shape index (κ1) is 66.1. The quantitative estimate of drug-likeness (QED) is 0.0593. The summed E-state index contributed by atoms with van der Waals surface area (Å²) in [5, 5.41) is 106. The number of benzene rings is 6. The van der Waals surface area contributed by atoms with E-state index in [1.807, 2.05) is 0 Å². The zero-order valence-corrected chi connectivity index (χ0v) is 41.9. The number of phenols is 12. The van der Waals surface area contributed by atoms with Gasteiger partial charge in [0.1, 0.15) is 60.7 Å². The van der Waals surface area contributed by atoms with Gasteiger partial charge in [0.05, 0.1) is 29.4 Å². The first-order chi connectivity index (χ1) is 32.6. The molecular formula is C36H30MoO30S6. The Morgan fingerprint density at radius 1 is 0.219 bits per heavy atom. The third kappa shape index (κ3) is 20.2. The Hall–Kier alpha value is -6.93. The third-order valence-corrected chi connectivity index (χ3v) is 12.7. The first-order valence-corrected chi connectivity index (χ1v) is 25.8. The van der Waals surface area contributed by atoms with Gasteiger partial charge in [-0.25, -0.2) is 50.5 Å². The summed E-state index contributed by atoms with van der Waals surface area (Å²) in [6.07, 6.45) is 0. The number of para-hydroxylation sites is 6. The third-order valence-electron chi connectivity index (χ3n) is 7.48. The molecule has 0 spiro atoms. The van der Waals surface area contributed by atoms with Crippen molar-refractivity contribution < 1.29 is 160 Å². The molecule has 0 atom stereocenters. The second-order valence-corrected chi connectivity index (χ2v) is 20.6. The topological polar surface area (TPSA) is 586 Å². The Kier molecular flexibility index (Phi) is 23.7. The average molecular weight is 1230 g/mol. The second-order valence-electron chi connectivity index (χ2n) is 12.5. The normalized spacial score (nSPS) is 11.3. The van der Waals surface area contributed by atoms with Gasteiger partial charge in [0.2, 0.25) is 0 Å². The molecule has 6 rings (SSSR count). The van der Waals surface area contributed by atoms with E-state index in [9.17, 15) is 77.8 Å². The predicted octanol–water partition coefficient (Wildman–Crippen LogP) is 0.00890. The zero-order valence-electron chi connectivity index (χ0n) is 35.0. The number of hydrogen-bond donors (Lipinski definition) is 12. The van der Waals surface area contributed by atoms with Gasteiger partial charge >= 0.3 is 21.1 Å². The summed E-state index contributed by atoms with van der Waals surface area (Å²) in [6, 6.07) is 18.8. The van der Waals surface area contributed by atoms with Crippen molar-refractivity contribution in [3.63, 3.8) is 0 Å². The van der Waals surface area contributed by atoms with Gasteiger partial charge in [0.15, 0.2) is 69.0 Å². The zero-order chi connectivity index (χ0) is 56.1. The molecule has 0 saturated heterocycles. The van der Waals surface area contributed by atoms with Gasteiger partial charge < -0.3 is 88.6 Å². The van der Waals surface area contributed by atoms with Crippen molar-refractivity contribution >= 4 is 60.7 Å². The molecule has 0 aliphatic heterocycles. The summed E-state index contributed by atoms with van der Waals surface area (Å²) in [5.74, 6) is -9.25. The monoisotopic (exact) mass is 1230 g/mol. The summed E-state index contributed by atoms with van der Waals surface area (Å²) < 4.78 is 187. The molecule has 6 aromatic carbocycles. The molecule has 0 fully saturated rings. The van der Waals surface area contributed by atoms with Gasteiger partial charge in [0, 0.05) is 0 Å². The molecule has 30 nitrogen and oxygen atoms in total. The van der Waals surface area contributed by atoms with Crippen molar-refractivity contribution in [1.82, 2.24) is 0 Å². The molecule has 396 valence electrons. The van der Waals surface area contributed by atoms with Crippen LogP contribution in [-0.2, 0) is 81.8 Å². The molecule has 0 bridgehead atoms. The minimum atomic E-state index is -4.72. The molecular weight excluding hydrogens is 1200 g/mol. The Labute approximate surface area is 425 Å². The van der Waals surface area contributed by atoms with Gasteiger partial charge in [-0.2, -0.15) is 0 Å². The van der Waals surface area contributed by atoms with Gasteiger partial charge in [0.25, 0.3) is 0 Å². The van der Waals surface area contributed by atoms with E-state index in [0.717, 1.165) is 109 Å². The molecule has 0 unspecified atom stereocenters. The van der Waals surface area contributed by atoms with Crippen LogP contribution in [0.4, 0.5) is 0 Å². The Morgan fingerprint density at radius 2 is 0.315 bits per heavy atom. The molecule has 0 aromatic heterocycles. The number of rotatable bonds is 6. The van der Waals surface area contributed by atoms with Gasteiger partial charge in [-0.15, -0.1) is 0 Å². The predicted molar refractivity (Wildman–Crippen MR) is 226 cm³/mol. The fourth-order valence-electron chi connectivity index (χ4n) is 4.27.